The van der Waals surface area contributed by atoms with Crippen molar-refractivity contribution < 1.29 is 9.13 Å². The summed E-state index contributed by atoms with van der Waals surface area (Å²) in [6.07, 6.45) is 2.35. The van der Waals surface area contributed by atoms with Crippen LogP contribution >= 0.6 is 0 Å². The standard InChI is InChI=1S/C16H24FNO/c1-4-6-18-16(15-5-7-19-12(15)3)13-8-11(2)9-14(17)10-13/h8-10,12,15-16,18H,4-7H2,1-3H3. The van der Waals surface area contributed by atoms with Crippen LogP contribution < -0.4 is 5.32 Å². The minimum atomic E-state index is -0.148. The van der Waals surface area contributed by atoms with Crippen LogP contribution in [0.3, 0.4) is 0 Å². The van der Waals surface area contributed by atoms with Gasteiger partial charge in [0.1, 0.15) is 5.82 Å². The van der Waals surface area contributed by atoms with Crippen LogP contribution in [0.25, 0.3) is 0 Å². The fourth-order valence-electron chi connectivity index (χ4n) is 2.95. The number of aryl methyl sites for hydroxylation is 1. The van der Waals surface area contributed by atoms with Gasteiger partial charge in [-0.25, -0.2) is 4.39 Å². The molecule has 0 saturated carbocycles. The summed E-state index contributed by atoms with van der Waals surface area (Å²) in [6.45, 7) is 7.96. The van der Waals surface area contributed by atoms with Gasteiger partial charge in [-0.05, 0) is 56.5 Å². The van der Waals surface area contributed by atoms with E-state index < -0.39 is 0 Å². The van der Waals surface area contributed by atoms with E-state index in [-0.39, 0.29) is 18.0 Å². The third-order valence-corrected chi connectivity index (χ3v) is 3.90. The minimum Gasteiger partial charge on any atom is -0.378 e. The van der Waals surface area contributed by atoms with Crippen LogP contribution in [-0.4, -0.2) is 19.3 Å². The van der Waals surface area contributed by atoms with Crippen molar-refractivity contribution in [2.75, 3.05) is 13.2 Å². The number of halogens is 1. The number of nitrogens with one attached hydrogen (secondary N) is 1. The lowest BCUT2D eigenvalue weighted by atomic mass is 9.87. The SMILES string of the molecule is CCCNC(c1cc(C)cc(F)c1)C1CCOC1C. The van der Waals surface area contributed by atoms with E-state index in [0.717, 1.165) is 37.1 Å². The van der Waals surface area contributed by atoms with E-state index in [0.29, 0.717) is 5.92 Å². The Balaban J connectivity index is 2.25. The number of rotatable bonds is 5. The van der Waals surface area contributed by atoms with Crippen molar-refractivity contribution in [3.8, 4) is 0 Å². The zero-order valence-electron chi connectivity index (χ0n) is 12.1. The monoisotopic (exact) mass is 265 g/mol. The molecular weight excluding hydrogens is 241 g/mol. The maximum Gasteiger partial charge on any atom is 0.123 e. The van der Waals surface area contributed by atoms with Crippen molar-refractivity contribution in [3.63, 3.8) is 0 Å². The van der Waals surface area contributed by atoms with E-state index in [1.54, 1.807) is 12.1 Å². The van der Waals surface area contributed by atoms with E-state index in [9.17, 15) is 4.39 Å². The second-order valence-corrected chi connectivity index (χ2v) is 5.52. The van der Waals surface area contributed by atoms with Crippen molar-refractivity contribution in [2.24, 2.45) is 5.92 Å². The quantitative estimate of drug-likeness (QED) is 0.878. The first-order chi connectivity index (χ1) is 9.11. The highest BCUT2D eigenvalue weighted by Gasteiger charge is 2.32. The molecule has 0 radical (unpaired) electrons. The molecule has 1 aliphatic rings. The van der Waals surface area contributed by atoms with E-state index >= 15 is 0 Å². The Kier molecular flexibility index (Phi) is 4.94. The summed E-state index contributed by atoms with van der Waals surface area (Å²) in [5.41, 5.74) is 2.03. The molecule has 2 nitrogen and oxygen atoms in total. The van der Waals surface area contributed by atoms with Crippen molar-refractivity contribution in [3.05, 3.63) is 35.1 Å². The van der Waals surface area contributed by atoms with Gasteiger partial charge in [-0.1, -0.05) is 13.0 Å². The summed E-state index contributed by atoms with van der Waals surface area (Å²) in [6, 6.07) is 5.51. The molecule has 2 rings (SSSR count). The topological polar surface area (TPSA) is 21.3 Å². The van der Waals surface area contributed by atoms with E-state index in [4.69, 9.17) is 4.74 Å². The molecule has 3 unspecified atom stereocenters. The molecule has 1 N–H and O–H groups in total. The fourth-order valence-corrected chi connectivity index (χ4v) is 2.95. The molecule has 106 valence electrons. The lowest BCUT2D eigenvalue weighted by molar-refractivity contribution is 0.0953. The summed E-state index contributed by atoms with van der Waals surface area (Å²) in [7, 11) is 0. The van der Waals surface area contributed by atoms with Crippen LogP contribution in [0.1, 0.15) is 43.9 Å². The third kappa shape index (κ3) is 3.54. The number of hydrogen-bond acceptors (Lipinski definition) is 2. The first-order valence-electron chi connectivity index (χ1n) is 7.24. The summed E-state index contributed by atoms with van der Waals surface area (Å²) in [4.78, 5) is 0. The van der Waals surface area contributed by atoms with Crippen molar-refractivity contribution in [1.29, 1.82) is 0 Å². The van der Waals surface area contributed by atoms with Gasteiger partial charge in [0, 0.05) is 18.6 Å². The highest BCUT2D eigenvalue weighted by Crippen LogP contribution is 2.34. The Bertz CT molecular complexity index is 401. The molecule has 1 fully saturated rings. The molecule has 1 aromatic carbocycles. The molecule has 0 amide bonds. The van der Waals surface area contributed by atoms with Gasteiger partial charge < -0.3 is 10.1 Å². The van der Waals surface area contributed by atoms with Crippen LogP contribution in [0.4, 0.5) is 4.39 Å². The van der Waals surface area contributed by atoms with Crippen LogP contribution in [0.2, 0.25) is 0 Å². The Labute approximate surface area is 115 Å². The average Bonchev–Trinajstić information content (AvgIpc) is 2.75. The highest BCUT2D eigenvalue weighted by atomic mass is 19.1. The Morgan fingerprint density at radius 3 is 2.79 bits per heavy atom. The van der Waals surface area contributed by atoms with Crippen LogP contribution in [-0.2, 0) is 4.74 Å². The Morgan fingerprint density at radius 2 is 2.21 bits per heavy atom. The second-order valence-electron chi connectivity index (χ2n) is 5.52. The molecule has 1 saturated heterocycles. The van der Waals surface area contributed by atoms with Crippen molar-refractivity contribution in [1.82, 2.24) is 5.32 Å². The molecule has 1 aliphatic heterocycles. The van der Waals surface area contributed by atoms with Gasteiger partial charge in [-0.2, -0.15) is 0 Å². The van der Waals surface area contributed by atoms with Crippen molar-refractivity contribution in [2.45, 2.75) is 45.8 Å². The number of benzene rings is 1. The Hall–Kier alpha value is -0.930. The lowest BCUT2D eigenvalue weighted by Gasteiger charge is -2.27. The molecule has 1 aromatic rings. The smallest absolute Gasteiger partial charge is 0.123 e. The molecule has 0 bridgehead atoms. The minimum absolute atomic E-state index is 0.148. The van der Waals surface area contributed by atoms with E-state index in [1.165, 1.54) is 0 Å². The highest BCUT2D eigenvalue weighted by molar-refractivity contribution is 5.27. The summed E-state index contributed by atoms with van der Waals surface area (Å²) < 4.78 is 19.3. The predicted molar refractivity (Wildman–Crippen MR) is 75.7 cm³/mol. The van der Waals surface area contributed by atoms with Gasteiger partial charge >= 0.3 is 0 Å². The second kappa shape index (κ2) is 6.49. The first kappa shape index (κ1) is 14.5. The third-order valence-electron chi connectivity index (χ3n) is 3.90. The zero-order chi connectivity index (χ0) is 13.8. The largest absolute Gasteiger partial charge is 0.378 e. The molecule has 0 aromatic heterocycles. The molecular formula is C16H24FNO. The molecule has 3 heteroatoms. The van der Waals surface area contributed by atoms with Crippen molar-refractivity contribution >= 4 is 0 Å². The maximum absolute atomic E-state index is 13.6. The Morgan fingerprint density at radius 1 is 1.42 bits per heavy atom. The molecule has 0 spiro atoms. The zero-order valence-corrected chi connectivity index (χ0v) is 12.1. The van der Waals surface area contributed by atoms with E-state index in [1.807, 2.05) is 6.92 Å². The average molecular weight is 265 g/mol. The summed E-state index contributed by atoms with van der Waals surface area (Å²) in [5, 5.41) is 3.57. The maximum atomic E-state index is 13.6. The summed E-state index contributed by atoms with van der Waals surface area (Å²) in [5.74, 6) is 0.276. The predicted octanol–water partition coefficient (Wildman–Crippen LogP) is 3.60. The number of ether oxygens (including phenoxy) is 1. The van der Waals surface area contributed by atoms with Crippen LogP contribution in [0, 0.1) is 18.7 Å². The van der Waals surface area contributed by atoms with Gasteiger partial charge in [0.15, 0.2) is 0 Å². The van der Waals surface area contributed by atoms with E-state index in [2.05, 4.69) is 25.2 Å². The summed E-state index contributed by atoms with van der Waals surface area (Å²) >= 11 is 0. The normalized spacial score (nSPS) is 24.6. The number of hydrogen-bond donors (Lipinski definition) is 1. The lowest BCUT2D eigenvalue weighted by Crippen LogP contribution is -2.32. The molecule has 0 aliphatic carbocycles. The van der Waals surface area contributed by atoms with Gasteiger partial charge in [0.25, 0.3) is 0 Å². The van der Waals surface area contributed by atoms with Crippen LogP contribution in [0.5, 0.6) is 0 Å². The molecule has 19 heavy (non-hydrogen) atoms. The molecule has 3 atom stereocenters. The van der Waals surface area contributed by atoms with Gasteiger partial charge in [-0.3, -0.25) is 0 Å². The fraction of sp³-hybridized carbons (Fsp3) is 0.625. The van der Waals surface area contributed by atoms with Gasteiger partial charge in [0.2, 0.25) is 0 Å². The van der Waals surface area contributed by atoms with Gasteiger partial charge in [0.05, 0.1) is 6.10 Å². The van der Waals surface area contributed by atoms with Crippen LogP contribution in [0.15, 0.2) is 18.2 Å². The molecule has 1 heterocycles. The first-order valence-corrected chi connectivity index (χ1v) is 7.24. The van der Waals surface area contributed by atoms with Gasteiger partial charge in [-0.15, -0.1) is 0 Å².